The summed E-state index contributed by atoms with van der Waals surface area (Å²) in [6, 6.07) is 0. The van der Waals surface area contributed by atoms with Crippen LogP contribution in [0, 0.1) is 0 Å². The molecule has 0 aromatic carbocycles. The highest BCUT2D eigenvalue weighted by Gasteiger charge is 2.56. The number of hydrogen-bond acceptors (Lipinski definition) is 0. The highest BCUT2D eigenvalue weighted by molar-refractivity contribution is 7.78. The lowest BCUT2D eigenvalue weighted by atomic mass is 9.97. The molecule has 5 aliphatic carbocycles. The van der Waals surface area contributed by atoms with E-state index in [1.807, 2.05) is 0 Å². The van der Waals surface area contributed by atoms with Crippen molar-refractivity contribution in [2.45, 2.75) is 137 Å². The second-order valence-electron chi connectivity index (χ2n) is 9.70. The molecule has 0 aromatic rings. The van der Waals surface area contributed by atoms with Crippen LogP contribution >= 0.6 is 15.8 Å². The Morgan fingerprint density at radius 1 is 0.417 bits per heavy atom. The molecule has 0 amide bonds. The molecule has 2 heteroatoms. The van der Waals surface area contributed by atoms with E-state index in [0.29, 0.717) is 15.8 Å². The van der Waals surface area contributed by atoms with Crippen molar-refractivity contribution in [2.75, 3.05) is 0 Å². The summed E-state index contributed by atoms with van der Waals surface area (Å²) < 4.78 is 0. The first kappa shape index (κ1) is 17.0. The third-order valence-electron chi connectivity index (χ3n) is 8.49. The lowest BCUT2D eigenvalue weighted by Crippen LogP contribution is -2.45. The summed E-state index contributed by atoms with van der Waals surface area (Å²) in [5, 5.41) is 0. The maximum Gasteiger partial charge on any atom is 0.0116 e. The molecule has 5 fully saturated rings. The Kier molecular flexibility index (Phi) is 5.04. The van der Waals surface area contributed by atoms with Crippen LogP contribution in [0.3, 0.4) is 0 Å². The van der Waals surface area contributed by atoms with E-state index in [1.54, 1.807) is 109 Å². The lowest BCUT2D eigenvalue weighted by Gasteiger charge is -2.63. The predicted molar refractivity (Wildman–Crippen MR) is 110 cm³/mol. The molecule has 136 valence electrons. The van der Waals surface area contributed by atoms with Crippen LogP contribution in [0.25, 0.3) is 0 Å². The summed E-state index contributed by atoms with van der Waals surface area (Å²) in [7, 11) is 0.738. The average molecular weight is 364 g/mol. The topological polar surface area (TPSA) is 0 Å². The first-order chi connectivity index (χ1) is 11.9. The van der Waals surface area contributed by atoms with Crippen molar-refractivity contribution >= 4 is 15.8 Å². The molecule has 0 nitrogen and oxygen atoms in total. The molecule has 5 saturated carbocycles. The van der Waals surface area contributed by atoms with Gasteiger partial charge in [-0.3, -0.25) is 0 Å². The molecule has 0 spiro atoms. The molecule has 0 N–H and O–H groups in total. The van der Waals surface area contributed by atoms with E-state index < -0.39 is 0 Å². The van der Waals surface area contributed by atoms with Gasteiger partial charge in [0.2, 0.25) is 0 Å². The van der Waals surface area contributed by atoms with E-state index in [-0.39, 0.29) is 0 Å². The van der Waals surface area contributed by atoms with Crippen LogP contribution in [0.15, 0.2) is 0 Å². The molecule has 0 atom stereocenters. The van der Waals surface area contributed by atoms with Crippen molar-refractivity contribution in [3.05, 3.63) is 0 Å². The Labute approximate surface area is 152 Å². The average Bonchev–Trinajstić information content (AvgIpc) is 2.39. The Balaban J connectivity index is 1.50. The fourth-order valence-corrected chi connectivity index (χ4v) is 18.7. The minimum Gasteiger partial charge on any atom is -0.0895 e. The van der Waals surface area contributed by atoms with Crippen molar-refractivity contribution in [3.63, 3.8) is 0 Å². The third kappa shape index (κ3) is 2.76. The minimum atomic E-state index is 0.369. The van der Waals surface area contributed by atoms with Gasteiger partial charge in [0.25, 0.3) is 0 Å². The van der Waals surface area contributed by atoms with Crippen molar-refractivity contribution in [1.29, 1.82) is 0 Å². The van der Waals surface area contributed by atoms with E-state index in [1.165, 1.54) is 22.6 Å². The Hall–Kier alpha value is 0.860. The molecule has 5 aliphatic rings. The molecule has 0 radical (unpaired) electrons. The Morgan fingerprint density at radius 2 is 0.750 bits per heavy atom. The maximum absolute atomic E-state index is 1.70. The zero-order valence-electron chi connectivity index (χ0n) is 15.7. The molecule has 0 unspecified atom stereocenters. The Morgan fingerprint density at radius 3 is 1.00 bits per heavy atom. The van der Waals surface area contributed by atoms with Gasteiger partial charge in [0, 0.05) is 4.90 Å². The van der Waals surface area contributed by atoms with Crippen molar-refractivity contribution in [3.8, 4) is 0 Å². The third-order valence-corrected chi connectivity index (χ3v) is 17.9. The SMILES string of the molecule is C1CCC(P(C2CCC2)C2CCC2)(P(C2CCC2)C2CCC2)CC1. The van der Waals surface area contributed by atoms with Gasteiger partial charge in [-0.1, -0.05) is 60.8 Å². The normalized spacial score (nSPS) is 32.2. The van der Waals surface area contributed by atoms with Gasteiger partial charge in [-0.25, -0.2) is 0 Å². The van der Waals surface area contributed by atoms with Gasteiger partial charge in [0.1, 0.15) is 0 Å². The fourth-order valence-electron chi connectivity index (χ4n) is 6.38. The van der Waals surface area contributed by atoms with E-state index >= 15 is 0 Å². The summed E-state index contributed by atoms with van der Waals surface area (Å²) >= 11 is 0. The van der Waals surface area contributed by atoms with Crippen LogP contribution in [0.5, 0.6) is 0 Å². The van der Waals surface area contributed by atoms with E-state index in [9.17, 15) is 0 Å². The van der Waals surface area contributed by atoms with Gasteiger partial charge in [-0.2, -0.15) is 0 Å². The first-order valence-electron chi connectivity index (χ1n) is 11.5. The number of rotatable bonds is 6. The summed E-state index contributed by atoms with van der Waals surface area (Å²) in [4.78, 5) is 0.940. The van der Waals surface area contributed by atoms with E-state index in [0.717, 1.165) is 4.90 Å². The molecule has 24 heavy (non-hydrogen) atoms. The summed E-state index contributed by atoms with van der Waals surface area (Å²) in [6.45, 7) is 0. The van der Waals surface area contributed by atoms with Crippen LogP contribution in [0.4, 0.5) is 0 Å². The summed E-state index contributed by atoms with van der Waals surface area (Å²) in [5.74, 6) is 0. The van der Waals surface area contributed by atoms with Gasteiger partial charge < -0.3 is 0 Å². The number of hydrogen-bond donors (Lipinski definition) is 0. The van der Waals surface area contributed by atoms with Gasteiger partial charge in [-0.05, 0) is 86.8 Å². The highest BCUT2D eigenvalue weighted by atomic mass is 31.2. The zero-order chi connectivity index (χ0) is 16.0. The van der Waals surface area contributed by atoms with Crippen LogP contribution in [-0.4, -0.2) is 27.5 Å². The van der Waals surface area contributed by atoms with Crippen molar-refractivity contribution < 1.29 is 0 Å². The van der Waals surface area contributed by atoms with E-state index in [2.05, 4.69) is 0 Å². The summed E-state index contributed by atoms with van der Waals surface area (Å²) in [6.07, 6.45) is 27.6. The van der Waals surface area contributed by atoms with Crippen molar-refractivity contribution in [2.24, 2.45) is 0 Å². The quantitative estimate of drug-likeness (QED) is 0.421. The van der Waals surface area contributed by atoms with E-state index in [4.69, 9.17) is 0 Å². The molecule has 0 bridgehead atoms. The first-order valence-corrected chi connectivity index (χ1v) is 14.4. The smallest absolute Gasteiger partial charge is 0.0116 e. The lowest BCUT2D eigenvalue weighted by molar-refractivity contribution is 0.411. The second-order valence-corrected chi connectivity index (χ2v) is 16.3. The van der Waals surface area contributed by atoms with Crippen molar-refractivity contribution in [1.82, 2.24) is 0 Å². The minimum absolute atomic E-state index is 0.369. The largest absolute Gasteiger partial charge is 0.0895 e. The van der Waals surface area contributed by atoms with Gasteiger partial charge >= 0.3 is 0 Å². The van der Waals surface area contributed by atoms with Gasteiger partial charge in [0.05, 0.1) is 0 Å². The monoisotopic (exact) mass is 364 g/mol. The predicted octanol–water partition coefficient (Wildman–Crippen LogP) is 7.82. The molecule has 0 heterocycles. The van der Waals surface area contributed by atoms with Crippen LogP contribution in [0.2, 0.25) is 0 Å². The van der Waals surface area contributed by atoms with Crippen LogP contribution < -0.4 is 0 Å². The molecule has 0 aromatic heterocycles. The Bertz CT molecular complexity index is 363. The van der Waals surface area contributed by atoms with Gasteiger partial charge in [0.15, 0.2) is 0 Å². The molecule has 0 saturated heterocycles. The molecular weight excluding hydrogens is 326 g/mol. The van der Waals surface area contributed by atoms with Crippen LogP contribution in [-0.2, 0) is 0 Å². The summed E-state index contributed by atoms with van der Waals surface area (Å²) in [5.41, 5.74) is 4.92. The highest BCUT2D eigenvalue weighted by Crippen LogP contribution is 2.83. The fraction of sp³-hybridized carbons (Fsp3) is 1.00. The molecular formula is C22H38P2. The van der Waals surface area contributed by atoms with Crippen LogP contribution in [0.1, 0.15) is 109 Å². The standard InChI is InChI=1S/C22H38P2/c1-2-16-22(17-3-1,23(18-8-4-9-18)19-10-5-11-19)24(20-12-6-13-20)21-14-7-15-21/h18-21H,1-17H2. The molecule has 0 aliphatic heterocycles. The van der Waals surface area contributed by atoms with Gasteiger partial charge in [-0.15, -0.1) is 0 Å². The molecule has 5 rings (SSSR count). The second kappa shape index (κ2) is 7.12. The zero-order valence-corrected chi connectivity index (χ0v) is 17.5. The maximum atomic E-state index is 1.70.